The van der Waals surface area contributed by atoms with Gasteiger partial charge in [0.15, 0.2) is 5.69 Å². The molecule has 0 radical (unpaired) electrons. The number of rotatable bonds is 2. The van der Waals surface area contributed by atoms with Gasteiger partial charge in [0.05, 0.1) is 5.60 Å². The summed E-state index contributed by atoms with van der Waals surface area (Å²) in [4.78, 5) is 13.7. The van der Waals surface area contributed by atoms with Crippen molar-refractivity contribution in [3.63, 3.8) is 0 Å². The van der Waals surface area contributed by atoms with Crippen LogP contribution in [0.15, 0.2) is 12.3 Å². The lowest BCUT2D eigenvalue weighted by Crippen LogP contribution is -2.50. The second kappa shape index (κ2) is 4.88. The highest BCUT2D eigenvalue weighted by molar-refractivity contribution is 5.92. The molecule has 0 aromatic carbocycles. The minimum atomic E-state index is -2.75. The van der Waals surface area contributed by atoms with Gasteiger partial charge in [0, 0.05) is 25.2 Å². The van der Waals surface area contributed by atoms with Crippen molar-refractivity contribution >= 4 is 5.91 Å². The number of piperidine rings is 1. The van der Waals surface area contributed by atoms with Crippen LogP contribution in [0.1, 0.15) is 37.3 Å². The van der Waals surface area contributed by atoms with Gasteiger partial charge >= 0.3 is 6.55 Å². The molecule has 0 unspecified atom stereocenters. The van der Waals surface area contributed by atoms with E-state index in [1.54, 1.807) is 11.8 Å². The quantitative estimate of drug-likeness (QED) is 0.888. The van der Waals surface area contributed by atoms with Gasteiger partial charge in [-0.2, -0.15) is 13.9 Å². The van der Waals surface area contributed by atoms with Crippen molar-refractivity contribution in [2.45, 2.75) is 32.4 Å². The number of carbonyl (C=O) groups is 1. The van der Waals surface area contributed by atoms with Crippen molar-refractivity contribution < 1.29 is 18.7 Å². The van der Waals surface area contributed by atoms with E-state index in [0.717, 1.165) is 6.20 Å². The Hall–Kier alpha value is -1.50. The van der Waals surface area contributed by atoms with E-state index in [-0.39, 0.29) is 17.5 Å². The lowest BCUT2D eigenvalue weighted by molar-refractivity contribution is -0.0441. The number of alkyl halides is 2. The van der Waals surface area contributed by atoms with Gasteiger partial charge in [-0.15, -0.1) is 0 Å². The monoisotopic (exact) mass is 273 g/mol. The summed E-state index contributed by atoms with van der Waals surface area (Å²) in [6.45, 7) is 1.65. The van der Waals surface area contributed by atoms with Gasteiger partial charge < -0.3 is 10.0 Å². The Balaban J connectivity index is 2.08. The van der Waals surface area contributed by atoms with Gasteiger partial charge in [-0.05, 0) is 19.4 Å². The second-order valence-corrected chi connectivity index (χ2v) is 5.22. The molecule has 19 heavy (non-hydrogen) atoms. The van der Waals surface area contributed by atoms with Gasteiger partial charge in [-0.1, -0.05) is 6.92 Å². The fraction of sp³-hybridized carbons (Fsp3) is 0.667. The van der Waals surface area contributed by atoms with Crippen LogP contribution in [0.2, 0.25) is 0 Å². The molecule has 106 valence electrons. The molecule has 1 amide bonds. The van der Waals surface area contributed by atoms with Gasteiger partial charge in [-0.3, -0.25) is 4.79 Å². The van der Waals surface area contributed by atoms with E-state index in [0.29, 0.717) is 24.2 Å². The van der Waals surface area contributed by atoms with E-state index in [9.17, 15) is 18.7 Å². The molecular formula is C12H17F2N3O2. The molecule has 0 aliphatic carbocycles. The van der Waals surface area contributed by atoms with Crippen LogP contribution >= 0.6 is 0 Å². The molecule has 1 aliphatic heterocycles. The summed E-state index contributed by atoms with van der Waals surface area (Å²) in [6.07, 6.45) is 1.55. The Bertz CT molecular complexity index is 473. The summed E-state index contributed by atoms with van der Waals surface area (Å²) in [5.74, 6) is -0.441. The first kappa shape index (κ1) is 13.9. The number of hydrogen-bond acceptors (Lipinski definition) is 3. The van der Waals surface area contributed by atoms with Gasteiger partial charge in [0.2, 0.25) is 0 Å². The molecule has 0 spiro atoms. The number of carbonyl (C=O) groups excluding carboxylic acids is 1. The molecular weight excluding hydrogens is 256 g/mol. The Morgan fingerprint density at radius 2 is 2.32 bits per heavy atom. The molecule has 0 saturated carbocycles. The summed E-state index contributed by atoms with van der Waals surface area (Å²) in [7, 11) is 0. The highest BCUT2D eigenvalue weighted by Gasteiger charge is 2.36. The Morgan fingerprint density at radius 3 is 2.84 bits per heavy atom. The standard InChI is InChI=1S/C12H17F2N3O2/c1-8-7-16(6-4-12(8,2)19)10(18)9-3-5-17(15-9)11(13)14/h3,5,8,11,19H,4,6-7H2,1-2H3/t8-,12+/m1/s1. The van der Waals surface area contributed by atoms with Crippen LogP contribution in [0.3, 0.4) is 0 Å². The maximum absolute atomic E-state index is 12.4. The summed E-state index contributed by atoms with van der Waals surface area (Å²) in [6, 6.07) is 1.28. The second-order valence-electron chi connectivity index (χ2n) is 5.22. The molecule has 2 atom stereocenters. The van der Waals surface area contributed by atoms with Crippen LogP contribution < -0.4 is 0 Å². The van der Waals surface area contributed by atoms with E-state index in [1.807, 2.05) is 6.92 Å². The Labute approximate surface area is 109 Å². The average molecular weight is 273 g/mol. The van der Waals surface area contributed by atoms with Crippen LogP contribution in [0.25, 0.3) is 0 Å². The van der Waals surface area contributed by atoms with Crippen LogP contribution in [0.4, 0.5) is 8.78 Å². The third-order valence-electron chi connectivity index (χ3n) is 3.76. The summed E-state index contributed by atoms with van der Waals surface area (Å²) >= 11 is 0. The van der Waals surface area contributed by atoms with E-state index in [2.05, 4.69) is 5.10 Å². The predicted molar refractivity (Wildman–Crippen MR) is 63.8 cm³/mol. The van der Waals surface area contributed by atoms with E-state index in [4.69, 9.17) is 0 Å². The van der Waals surface area contributed by atoms with Crippen molar-refractivity contribution in [3.05, 3.63) is 18.0 Å². The maximum Gasteiger partial charge on any atom is 0.333 e. The highest BCUT2D eigenvalue weighted by atomic mass is 19.3. The normalized spacial score (nSPS) is 27.9. The Morgan fingerprint density at radius 1 is 1.63 bits per heavy atom. The van der Waals surface area contributed by atoms with Gasteiger partial charge in [0.25, 0.3) is 5.91 Å². The molecule has 0 bridgehead atoms. The number of aliphatic hydroxyl groups is 1. The average Bonchev–Trinajstić information content (AvgIpc) is 2.81. The smallest absolute Gasteiger partial charge is 0.333 e. The number of amides is 1. The molecule has 1 aromatic heterocycles. The van der Waals surface area contributed by atoms with Crippen LogP contribution in [-0.4, -0.2) is 44.4 Å². The molecule has 1 N–H and O–H groups in total. The van der Waals surface area contributed by atoms with E-state index < -0.39 is 12.2 Å². The first-order valence-corrected chi connectivity index (χ1v) is 6.16. The zero-order valence-corrected chi connectivity index (χ0v) is 10.9. The lowest BCUT2D eigenvalue weighted by atomic mass is 9.84. The minimum Gasteiger partial charge on any atom is -0.390 e. The van der Waals surface area contributed by atoms with Gasteiger partial charge in [-0.25, -0.2) is 4.68 Å². The van der Waals surface area contributed by atoms with Crippen molar-refractivity contribution in [1.29, 1.82) is 0 Å². The number of nitrogens with zero attached hydrogens (tertiary/aromatic N) is 3. The third kappa shape index (κ3) is 2.75. The Kier molecular flexibility index (Phi) is 3.58. The van der Waals surface area contributed by atoms with E-state index in [1.165, 1.54) is 6.07 Å². The summed E-state index contributed by atoms with van der Waals surface area (Å²) in [5.41, 5.74) is -0.784. The topological polar surface area (TPSA) is 58.4 Å². The molecule has 1 aliphatic rings. The van der Waals surface area contributed by atoms with Crippen molar-refractivity contribution in [2.24, 2.45) is 5.92 Å². The zero-order chi connectivity index (χ0) is 14.2. The van der Waals surface area contributed by atoms with Crippen molar-refractivity contribution in [1.82, 2.24) is 14.7 Å². The summed E-state index contributed by atoms with van der Waals surface area (Å²) in [5, 5.41) is 13.6. The minimum absolute atomic E-state index is 0.00837. The maximum atomic E-state index is 12.4. The van der Waals surface area contributed by atoms with Crippen LogP contribution in [0, 0.1) is 5.92 Å². The number of hydrogen-bond donors (Lipinski definition) is 1. The summed E-state index contributed by atoms with van der Waals surface area (Å²) < 4.78 is 25.2. The molecule has 1 aromatic rings. The molecule has 2 rings (SSSR count). The number of aromatic nitrogens is 2. The molecule has 2 heterocycles. The molecule has 7 heteroatoms. The highest BCUT2D eigenvalue weighted by Crippen LogP contribution is 2.27. The van der Waals surface area contributed by atoms with Crippen molar-refractivity contribution in [3.8, 4) is 0 Å². The van der Waals surface area contributed by atoms with E-state index >= 15 is 0 Å². The first-order valence-electron chi connectivity index (χ1n) is 6.16. The SMILES string of the molecule is C[C@@H]1CN(C(=O)c2ccn(C(F)F)n2)CC[C@]1(C)O. The largest absolute Gasteiger partial charge is 0.390 e. The van der Waals surface area contributed by atoms with Crippen LogP contribution in [-0.2, 0) is 0 Å². The zero-order valence-electron chi connectivity index (χ0n) is 10.9. The number of halogens is 2. The third-order valence-corrected chi connectivity index (χ3v) is 3.76. The fourth-order valence-electron chi connectivity index (χ4n) is 2.13. The van der Waals surface area contributed by atoms with Crippen molar-refractivity contribution in [2.75, 3.05) is 13.1 Å². The first-order chi connectivity index (χ1) is 8.81. The molecule has 5 nitrogen and oxygen atoms in total. The van der Waals surface area contributed by atoms with Crippen LogP contribution in [0.5, 0.6) is 0 Å². The molecule has 1 fully saturated rings. The van der Waals surface area contributed by atoms with Gasteiger partial charge in [0.1, 0.15) is 0 Å². The lowest BCUT2D eigenvalue weighted by Gasteiger charge is -2.40. The predicted octanol–water partition coefficient (Wildman–Crippen LogP) is 1.51. The number of likely N-dealkylation sites (tertiary alicyclic amines) is 1. The fourth-order valence-corrected chi connectivity index (χ4v) is 2.13. The molecule has 1 saturated heterocycles.